The molecule has 5 nitrogen and oxygen atoms in total. The van der Waals surface area contributed by atoms with Crippen molar-refractivity contribution in [1.29, 1.82) is 0 Å². The van der Waals surface area contributed by atoms with Crippen LogP contribution in [0.3, 0.4) is 0 Å². The van der Waals surface area contributed by atoms with Gasteiger partial charge in [0.2, 0.25) is 5.91 Å². The fourth-order valence-corrected chi connectivity index (χ4v) is 2.74. The highest BCUT2D eigenvalue weighted by atomic mass is 19.1. The van der Waals surface area contributed by atoms with Gasteiger partial charge in [-0.25, -0.2) is 9.07 Å². The molecule has 6 heteroatoms. The van der Waals surface area contributed by atoms with E-state index < -0.39 is 11.4 Å². The smallest absolute Gasteiger partial charge is 0.267 e. The lowest BCUT2D eigenvalue weighted by molar-refractivity contribution is -0.122. The second-order valence-corrected chi connectivity index (χ2v) is 6.99. The first-order valence-electron chi connectivity index (χ1n) is 8.99. The molecule has 0 spiro atoms. The number of amides is 1. The van der Waals surface area contributed by atoms with Crippen molar-refractivity contribution in [2.75, 3.05) is 0 Å². The van der Waals surface area contributed by atoms with Gasteiger partial charge in [0, 0.05) is 17.7 Å². The predicted octanol–water partition coefficient (Wildman–Crippen LogP) is 3.38. The summed E-state index contributed by atoms with van der Waals surface area (Å²) in [5.41, 5.74) is 0.219. The van der Waals surface area contributed by atoms with Crippen molar-refractivity contribution in [3.8, 4) is 11.3 Å². The van der Waals surface area contributed by atoms with E-state index in [0.29, 0.717) is 17.2 Å². The molecule has 0 aliphatic heterocycles. The highest BCUT2D eigenvalue weighted by Gasteiger charge is 2.12. The van der Waals surface area contributed by atoms with Crippen LogP contribution in [0.5, 0.6) is 0 Å². The molecule has 1 N–H and O–H groups in total. The van der Waals surface area contributed by atoms with E-state index >= 15 is 0 Å². The van der Waals surface area contributed by atoms with Gasteiger partial charge in [-0.3, -0.25) is 9.59 Å². The van der Waals surface area contributed by atoms with Gasteiger partial charge < -0.3 is 5.32 Å². The minimum absolute atomic E-state index is 0.0340. The van der Waals surface area contributed by atoms with Gasteiger partial charge in [0.05, 0.1) is 5.69 Å². The van der Waals surface area contributed by atoms with Crippen LogP contribution in [-0.2, 0) is 11.3 Å². The molecular weight excluding hydrogens is 333 g/mol. The third-order valence-corrected chi connectivity index (χ3v) is 4.14. The van der Waals surface area contributed by atoms with Crippen LogP contribution in [0, 0.1) is 11.7 Å². The Hall–Kier alpha value is -2.50. The van der Waals surface area contributed by atoms with Gasteiger partial charge in [0.1, 0.15) is 12.4 Å². The van der Waals surface area contributed by atoms with Gasteiger partial charge in [0.15, 0.2) is 0 Å². The standard InChI is InChI=1S/C20H26FN3O2/c1-14(2)7-6-8-15(3)22-19(25)13-24-20(26)12-11-18(23-24)16-9-4-5-10-17(16)21/h4-5,9-12,14-15H,6-8,13H2,1-3H3,(H,22,25)/t15-/m0/s1. The van der Waals surface area contributed by atoms with E-state index in [2.05, 4.69) is 24.3 Å². The van der Waals surface area contributed by atoms with Crippen molar-refractivity contribution in [2.24, 2.45) is 5.92 Å². The molecule has 1 aromatic heterocycles. The first kappa shape index (κ1) is 19.8. The molecule has 26 heavy (non-hydrogen) atoms. The van der Waals surface area contributed by atoms with Crippen molar-refractivity contribution in [3.63, 3.8) is 0 Å². The number of benzene rings is 1. The van der Waals surface area contributed by atoms with Crippen molar-refractivity contribution in [1.82, 2.24) is 15.1 Å². The minimum Gasteiger partial charge on any atom is -0.352 e. The molecule has 1 amide bonds. The largest absolute Gasteiger partial charge is 0.352 e. The van der Waals surface area contributed by atoms with Gasteiger partial charge in [-0.05, 0) is 37.5 Å². The Kier molecular flexibility index (Phi) is 7.06. The van der Waals surface area contributed by atoms with Gasteiger partial charge in [-0.1, -0.05) is 38.8 Å². The Labute approximate surface area is 153 Å². The number of rotatable bonds is 8. The summed E-state index contributed by atoms with van der Waals surface area (Å²) in [5.74, 6) is -0.0578. The van der Waals surface area contributed by atoms with E-state index in [-0.39, 0.29) is 18.5 Å². The predicted molar refractivity (Wildman–Crippen MR) is 100 cm³/mol. The lowest BCUT2D eigenvalue weighted by Crippen LogP contribution is -2.38. The zero-order valence-corrected chi connectivity index (χ0v) is 15.5. The zero-order valence-electron chi connectivity index (χ0n) is 15.5. The molecule has 0 bridgehead atoms. The summed E-state index contributed by atoms with van der Waals surface area (Å²) in [5, 5.41) is 7.03. The molecule has 2 rings (SSSR count). The zero-order chi connectivity index (χ0) is 19.1. The lowest BCUT2D eigenvalue weighted by Gasteiger charge is -2.15. The molecule has 0 unspecified atom stereocenters. The van der Waals surface area contributed by atoms with Crippen LogP contribution >= 0.6 is 0 Å². The molecule has 0 aliphatic rings. The number of carbonyl (C=O) groups is 1. The van der Waals surface area contributed by atoms with E-state index in [1.807, 2.05) is 6.92 Å². The van der Waals surface area contributed by atoms with Gasteiger partial charge >= 0.3 is 0 Å². The molecule has 0 saturated heterocycles. The highest BCUT2D eigenvalue weighted by molar-refractivity contribution is 5.76. The summed E-state index contributed by atoms with van der Waals surface area (Å²) < 4.78 is 15.0. The first-order chi connectivity index (χ1) is 12.4. The second-order valence-electron chi connectivity index (χ2n) is 6.99. The quantitative estimate of drug-likeness (QED) is 0.786. The fraction of sp³-hybridized carbons (Fsp3) is 0.450. The van der Waals surface area contributed by atoms with Crippen molar-refractivity contribution >= 4 is 5.91 Å². The van der Waals surface area contributed by atoms with E-state index in [4.69, 9.17) is 0 Å². The third-order valence-electron chi connectivity index (χ3n) is 4.14. The van der Waals surface area contributed by atoms with Crippen LogP contribution in [0.15, 0.2) is 41.2 Å². The van der Waals surface area contributed by atoms with E-state index in [1.54, 1.807) is 18.2 Å². The normalized spacial score (nSPS) is 12.2. The average molecular weight is 359 g/mol. The monoisotopic (exact) mass is 359 g/mol. The van der Waals surface area contributed by atoms with Crippen molar-refractivity contribution < 1.29 is 9.18 Å². The number of carbonyl (C=O) groups excluding carboxylic acids is 1. The second kappa shape index (κ2) is 9.27. The molecule has 1 atom stereocenters. The third kappa shape index (κ3) is 5.79. The number of halogens is 1. The van der Waals surface area contributed by atoms with Crippen LogP contribution in [0.1, 0.15) is 40.0 Å². The topological polar surface area (TPSA) is 64.0 Å². The number of hydrogen-bond donors (Lipinski definition) is 1. The minimum atomic E-state index is -0.423. The van der Waals surface area contributed by atoms with Crippen LogP contribution in [0.4, 0.5) is 4.39 Å². The van der Waals surface area contributed by atoms with E-state index in [0.717, 1.165) is 23.9 Å². The van der Waals surface area contributed by atoms with E-state index in [9.17, 15) is 14.0 Å². The molecule has 0 radical (unpaired) electrons. The van der Waals surface area contributed by atoms with Gasteiger partial charge in [-0.2, -0.15) is 5.10 Å². The number of aromatic nitrogens is 2. The molecule has 1 heterocycles. The Bertz CT molecular complexity index is 802. The maximum absolute atomic E-state index is 13.9. The van der Waals surface area contributed by atoms with Crippen molar-refractivity contribution in [3.05, 3.63) is 52.6 Å². The Morgan fingerprint density at radius 1 is 1.15 bits per heavy atom. The van der Waals surface area contributed by atoms with Crippen molar-refractivity contribution in [2.45, 2.75) is 52.6 Å². The van der Waals surface area contributed by atoms with Gasteiger partial charge in [-0.15, -0.1) is 0 Å². The van der Waals surface area contributed by atoms with Crippen LogP contribution in [0.2, 0.25) is 0 Å². The molecule has 0 fully saturated rings. The maximum atomic E-state index is 13.9. The highest BCUT2D eigenvalue weighted by Crippen LogP contribution is 2.18. The molecule has 1 aromatic carbocycles. The summed E-state index contributed by atoms with van der Waals surface area (Å²) >= 11 is 0. The summed E-state index contributed by atoms with van der Waals surface area (Å²) in [4.78, 5) is 24.2. The fourth-order valence-electron chi connectivity index (χ4n) is 2.74. The number of hydrogen-bond acceptors (Lipinski definition) is 3. The molecule has 0 aliphatic carbocycles. The number of nitrogens with one attached hydrogen (secondary N) is 1. The molecule has 140 valence electrons. The Morgan fingerprint density at radius 3 is 2.58 bits per heavy atom. The molecule has 2 aromatic rings. The summed E-state index contributed by atoms with van der Waals surface area (Å²) in [7, 11) is 0. The SMILES string of the molecule is CC(C)CCC[C@H](C)NC(=O)Cn1nc(-c2ccccc2F)ccc1=O. The summed E-state index contributed by atoms with van der Waals surface area (Å²) in [6.45, 7) is 6.10. The molecule has 0 saturated carbocycles. The maximum Gasteiger partial charge on any atom is 0.267 e. The average Bonchev–Trinajstić information content (AvgIpc) is 2.57. The van der Waals surface area contributed by atoms with Gasteiger partial charge in [0.25, 0.3) is 5.56 Å². The van der Waals surface area contributed by atoms with Crippen LogP contribution in [-0.4, -0.2) is 21.7 Å². The van der Waals surface area contributed by atoms with E-state index in [1.165, 1.54) is 18.2 Å². The summed E-state index contributed by atoms with van der Waals surface area (Å²) in [6, 6.07) is 9.00. The lowest BCUT2D eigenvalue weighted by atomic mass is 10.0. The first-order valence-corrected chi connectivity index (χ1v) is 8.99. The summed E-state index contributed by atoms with van der Waals surface area (Å²) in [6.07, 6.45) is 3.05. The Balaban J connectivity index is 2.03. The number of nitrogens with zero attached hydrogens (tertiary/aromatic N) is 2. The van der Waals surface area contributed by atoms with Crippen LogP contribution < -0.4 is 10.9 Å². The Morgan fingerprint density at radius 2 is 1.88 bits per heavy atom. The molecular formula is C20H26FN3O2. The van der Waals surface area contributed by atoms with Crippen LogP contribution in [0.25, 0.3) is 11.3 Å².